The third-order valence-corrected chi connectivity index (χ3v) is 4.30. The number of nitrogens with zero attached hydrogens (tertiary/aromatic N) is 1. The summed E-state index contributed by atoms with van der Waals surface area (Å²) in [6.07, 6.45) is 2.01. The van der Waals surface area contributed by atoms with Crippen LogP contribution in [0.2, 0.25) is 5.02 Å². The van der Waals surface area contributed by atoms with Gasteiger partial charge < -0.3 is 10.1 Å². The van der Waals surface area contributed by atoms with Gasteiger partial charge in [0.25, 0.3) is 0 Å². The van der Waals surface area contributed by atoms with Crippen molar-refractivity contribution in [2.75, 3.05) is 38.3 Å². The Bertz CT molecular complexity index is 664. The fraction of sp³-hybridized carbons (Fsp3) is 0.278. The number of carbonyl (C=O) groups is 1. The summed E-state index contributed by atoms with van der Waals surface area (Å²) < 4.78 is 5.63. The Labute approximate surface area is 152 Å². The first-order chi connectivity index (χ1) is 11.6. The van der Waals surface area contributed by atoms with Crippen molar-refractivity contribution in [2.24, 2.45) is 0 Å². The summed E-state index contributed by atoms with van der Waals surface area (Å²) in [6, 6.07) is 15.0. The number of anilines is 1. The number of ether oxygens (including phenoxy) is 1. The highest BCUT2D eigenvalue weighted by molar-refractivity contribution is 7.98. The van der Waals surface area contributed by atoms with E-state index in [1.54, 1.807) is 23.9 Å². The molecule has 1 N–H and O–H groups in total. The van der Waals surface area contributed by atoms with Crippen LogP contribution in [-0.2, 0) is 4.79 Å². The first-order valence-corrected chi connectivity index (χ1v) is 9.18. The number of hydrogen-bond donors (Lipinski definition) is 1. The van der Waals surface area contributed by atoms with Crippen LogP contribution in [0.5, 0.6) is 5.75 Å². The van der Waals surface area contributed by atoms with Gasteiger partial charge in [0.2, 0.25) is 5.91 Å². The molecule has 0 bridgehead atoms. The van der Waals surface area contributed by atoms with Crippen LogP contribution in [0.25, 0.3) is 0 Å². The minimum Gasteiger partial charge on any atom is -0.492 e. The molecule has 128 valence electrons. The maximum Gasteiger partial charge on any atom is 0.238 e. The maximum absolute atomic E-state index is 12.1. The van der Waals surface area contributed by atoms with Gasteiger partial charge in [0.05, 0.1) is 6.54 Å². The molecule has 2 aromatic rings. The summed E-state index contributed by atoms with van der Waals surface area (Å²) in [7, 11) is 1.89. The smallest absolute Gasteiger partial charge is 0.238 e. The van der Waals surface area contributed by atoms with Gasteiger partial charge in [-0.1, -0.05) is 17.7 Å². The van der Waals surface area contributed by atoms with E-state index in [1.165, 1.54) is 0 Å². The van der Waals surface area contributed by atoms with E-state index in [0.29, 0.717) is 24.7 Å². The Morgan fingerprint density at radius 3 is 2.71 bits per heavy atom. The molecule has 0 heterocycles. The summed E-state index contributed by atoms with van der Waals surface area (Å²) in [4.78, 5) is 15.1. The van der Waals surface area contributed by atoms with Gasteiger partial charge in [-0.2, -0.15) is 0 Å². The van der Waals surface area contributed by atoms with Crippen molar-refractivity contribution in [1.29, 1.82) is 0 Å². The molecule has 0 aromatic heterocycles. The number of benzene rings is 2. The molecule has 0 fully saturated rings. The fourth-order valence-corrected chi connectivity index (χ4v) is 2.66. The van der Waals surface area contributed by atoms with E-state index in [1.807, 2.05) is 54.6 Å². The number of nitrogens with one attached hydrogen (secondary N) is 1. The van der Waals surface area contributed by atoms with Crippen LogP contribution in [0.3, 0.4) is 0 Å². The highest BCUT2D eigenvalue weighted by atomic mass is 35.5. The topological polar surface area (TPSA) is 41.6 Å². The molecular formula is C18H21ClN2O2S. The van der Waals surface area contributed by atoms with Crippen LogP contribution in [0.15, 0.2) is 53.4 Å². The molecule has 0 unspecified atom stereocenters. The third kappa shape index (κ3) is 6.43. The minimum atomic E-state index is -0.0396. The van der Waals surface area contributed by atoms with Gasteiger partial charge in [0, 0.05) is 22.2 Å². The minimum absolute atomic E-state index is 0.0396. The van der Waals surface area contributed by atoms with Gasteiger partial charge in [-0.25, -0.2) is 0 Å². The van der Waals surface area contributed by atoms with Crippen molar-refractivity contribution in [3.63, 3.8) is 0 Å². The van der Waals surface area contributed by atoms with Crippen molar-refractivity contribution in [1.82, 2.24) is 4.90 Å². The average molecular weight is 365 g/mol. The predicted octanol–water partition coefficient (Wildman–Crippen LogP) is 4.01. The molecule has 4 nitrogen and oxygen atoms in total. The Hall–Kier alpha value is -1.69. The monoisotopic (exact) mass is 364 g/mol. The second kappa shape index (κ2) is 9.57. The van der Waals surface area contributed by atoms with Crippen LogP contribution in [-0.4, -0.2) is 43.8 Å². The molecule has 0 aliphatic heterocycles. The summed E-state index contributed by atoms with van der Waals surface area (Å²) >= 11 is 7.48. The molecular weight excluding hydrogens is 344 g/mol. The molecule has 6 heteroatoms. The van der Waals surface area contributed by atoms with E-state index in [0.717, 1.165) is 16.3 Å². The number of thioether (sulfide) groups is 1. The van der Waals surface area contributed by atoms with Crippen LogP contribution in [0.4, 0.5) is 5.69 Å². The summed E-state index contributed by atoms with van der Waals surface area (Å²) in [6.45, 7) is 1.47. The molecule has 24 heavy (non-hydrogen) atoms. The van der Waals surface area contributed by atoms with Crippen molar-refractivity contribution in [3.05, 3.63) is 53.6 Å². The number of carbonyl (C=O) groups excluding carboxylic acids is 1. The maximum atomic E-state index is 12.1. The summed E-state index contributed by atoms with van der Waals surface area (Å²) in [5.74, 6) is 0.730. The molecule has 0 saturated carbocycles. The van der Waals surface area contributed by atoms with Crippen molar-refractivity contribution < 1.29 is 9.53 Å². The van der Waals surface area contributed by atoms with Crippen molar-refractivity contribution in [2.45, 2.75) is 4.90 Å². The van der Waals surface area contributed by atoms with Crippen molar-refractivity contribution >= 4 is 35.0 Å². The Kier molecular flexibility index (Phi) is 7.43. The molecule has 2 rings (SSSR count). The number of halogens is 1. The SMILES string of the molecule is CSc1cccc(NC(=O)CN(C)CCOc2ccc(Cl)cc2)c1. The van der Waals surface area contributed by atoms with E-state index in [4.69, 9.17) is 16.3 Å². The van der Waals surface area contributed by atoms with Crippen LogP contribution < -0.4 is 10.1 Å². The summed E-state index contributed by atoms with van der Waals surface area (Å²) in [5, 5.41) is 3.59. The lowest BCUT2D eigenvalue weighted by Gasteiger charge is -2.17. The first kappa shape index (κ1) is 18.6. The van der Waals surface area contributed by atoms with Gasteiger partial charge in [0.1, 0.15) is 12.4 Å². The standard InChI is InChI=1S/C18H21ClN2O2S/c1-21(10-11-23-16-8-6-14(19)7-9-16)13-18(22)20-15-4-3-5-17(12-15)24-2/h3-9,12H,10-11,13H2,1-2H3,(H,20,22). The number of rotatable bonds is 8. The lowest BCUT2D eigenvalue weighted by Crippen LogP contribution is -2.33. The van der Waals surface area contributed by atoms with Crippen LogP contribution in [0, 0.1) is 0 Å². The highest BCUT2D eigenvalue weighted by Crippen LogP contribution is 2.19. The number of hydrogen-bond acceptors (Lipinski definition) is 4. The van der Waals surface area contributed by atoms with Crippen LogP contribution >= 0.6 is 23.4 Å². The Morgan fingerprint density at radius 2 is 2.00 bits per heavy atom. The zero-order valence-electron chi connectivity index (χ0n) is 13.8. The van der Waals surface area contributed by atoms with E-state index in [2.05, 4.69) is 5.32 Å². The van der Waals surface area contributed by atoms with E-state index < -0.39 is 0 Å². The Balaban J connectivity index is 1.72. The number of amides is 1. The van der Waals surface area contributed by atoms with Crippen molar-refractivity contribution in [3.8, 4) is 5.75 Å². The zero-order valence-corrected chi connectivity index (χ0v) is 15.4. The highest BCUT2D eigenvalue weighted by Gasteiger charge is 2.07. The molecule has 0 radical (unpaired) electrons. The number of likely N-dealkylation sites (N-methyl/N-ethyl adjacent to an activating group) is 1. The molecule has 1 amide bonds. The average Bonchev–Trinajstić information content (AvgIpc) is 2.56. The lowest BCUT2D eigenvalue weighted by atomic mass is 10.3. The second-order valence-electron chi connectivity index (χ2n) is 5.32. The van der Waals surface area contributed by atoms with Gasteiger partial charge >= 0.3 is 0 Å². The second-order valence-corrected chi connectivity index (χ2v) is 6.64. The van der Waals surface area contributed by atoms with E-state index in [-0.39, 0.29) is 5.91 Å². The van der Waals surface area contributed by atoms with Crippen LogP contribution in [0.1, 0.15) is 0 Å². The molecule has 0 aliphatic rings. The quantitative estimate of drug-likeness (QED) is 0.718. The van der Waals surface area contributed by atoms with Gasteiger partial charge in [-0.15, -0.1) is 11.8 Å². The third-order valence-electron chi connectivity index (χ3n) is 3.32. The zero-order chi connectivity index (χ0) is 17.4. The predicted molar refractivity (Wildman–Crippen MR) is 101 cm³/mol. The molecule has 2 aromatic carbocycles. The van der Waals surface area contributed by atoms with Gasteiger partial charge in [-0.05, 0) is 55.8 Å². The largest absolute Gasteiger partial charge is 0.492 e. The lowest BCUT2D eigenvalue weighted by molar-refractivity contribution is -0.117. The molecule has 0 saturated heterocycles. The molecule has 0 spiro atoms. The van der Waals surface area contributed by atoms with E-state index in [9.17, 15) is 4.79 Å². The normalized spacial score (nSPS) is 10.7. The first-order valence-electron chi connectivity index (χ1n) is 7.57. The summed E-state index contributed by atoms with van der Waals surface area (Å²) in [5.41, 5.74) is 0.817. The fourth-order valence-electron chi connectivity index (χ4n) is 2.08. The van der Waals surface area contributed by atoms with Gasteiger partial charge in [-0.3, -0.25) is 9.69 Å². The molecule has 0 aliphatic carbocycles. The van der Waals surface area contributed by atoms with Gasteiger partial charge in [0.15, 0.2) is 0 Å². The van der Waals surface area contributed by atoms with E-state index >= 15 is 0 Å². The molecule has 0 atom stereocenters. The Morgan fingerprint density at radius 1 is 1.25 bits per heavy atom.